The highest BCUT2D eigenvalue weighted by Crippen LogP contribution is 2.66. The Morgan fingerprint density at radius 1 is 1.15 bits per heavy atom. The molecule has 4 aliphatic rings. The lowest BCUT2D eigenvalue weighted by molar-refractivity contribution is -0.0540. The fourth-order valence-corrected chi connectivity index (χ4v) is 8.52. The second-order valence-corrected chi connectivity index (χ2v) is 9.84. The number of morpholine rings is 1. The minimum Gasteiger partial charge on any atom is -0.379 e. The number of fused-ring (bicyclic) bond motifs is 3. The van der Waals surface area contributed by atoms with Crippen molar-refractivity contribution in [1.29, 1.82) is 0 Å². The molecule has 3 aliphatic heterocycles. The summed E-state index contributed by atoms with van der Waals surface area (Å²) in [5.41, 5.74) is -0.662. The van der Waals surface area contributed by atoms with Gasteiger partial charge < -0.3 is 9.47 Å². The smallest absolute Gasteiger partial charge is 0.157 e. The van der Waals surface area contributed by atoms with Crippen molar-refractivity contribution in [2.45, 2.75) is 49.7 Å². The van der Waals surface area contributed by atoms with Gasteiger partial charge in [0, 0.05) is 13.1 Å². The summed E-state index contributed by atoms with van der Waals surface area (Å²) in [4.78, 5) is 2.35. The molecule has 4 unspecified atom stereocenters. The lowest BCUT2D eigenvalue weighted by Gasteiger charge is -2.62. The minimum absolute atomic E-state index is 0.0784. The lowest BCUT2D eigenvalue weighted by atomic mass is 9.63. The molecule has 0 amide bonds. The van der Waals surface area contributed by atoms with E-state index in [4.69, 9.17) is 9.47 Å². The molecule has 4 atom stereocenters. The minimum atomic E-state index is -2.99. The second-order valence-electron chi connectivity index (χ2n) is 7.75. The standard InChI is InChI=1S/C14H23NO4S/c1-12(2)8-13(3)10(19-13)14(9-20(16,17)11(12)14)15-4-6-18-7-5-15/h10-11H,4-9H2,1-3H3. The molecule has 0 bridgehead atoms. The van der Waals surface area contributed by atoms with Crippen LogP contribution in [0.4, 0.5) is 0 Å². The predicted molar refractivity (Wildman–Crippen MR) is 74.4 cm³/mol. The number of rotatable bonds is 1. The molecule has 0 spiro atoms. The van der Waals surface area contributed by atoms with Crippen LogP contribution in [0.5, 0.6) is 0 Å². The van der Waals surface area contributed by atoms with Gasteiger partial charge in [0.15, 0.2) is 9.84 Å². The molecule has 4 rings (SSSR count). The van der Waals surface area contributed by atoms with E-state index in [1.807, 2.05) is 0 Å². The molecule has 0 radical (unpaired) electrons. The number of ether oxygens (including phenoxy) is 2. The van der Waals surface area contributed by atoms with Crippen LogP contribution in [0, 0.1) is 5.41 Å². The molecule has 1 aliphatic carbocycles. The van der Waals surface area contributed by atoms with Crippen molar-refractivity contribution in [2.75, 3.05) is 32.1 Å². The van der Waals surface area contributed by atoms with E-state index in [-0.39, 0.29) is 33.7 Å². The van der Waals surface area contributed by atoms with Gasteiger partial charge >= 0.3 is 0 Å². The monoisotopic (exact) mass is 301 g/mol. The van der Waals surface area contributed by atoms with Gasteiger partial charge in [0.1, 0.15) is 6.10 Å². The molecule has 5 nitrogen and oxygen atoms in total. The lowest BCUT2D eigenvalue weighted by Crippen LogP contribution is -2.81. The SMILES string of the molecule is CC1(C)CC2(C)OC2C2(N3CCOCC3)CS(=O)(=O)C12. The van der Waals surface area contributed by atoms with Crippen LogP contribution in [0.1, 0.15) is 27.2 Å². The molecule has 4 fully saturated rings. The topological polar surface area (TPSA) is 59.1 Å². The molecule has 114 valence electrons. The molecule has 0 aromatic rings. The molecule has 3 heterocycles. The van der Waals surface area contributed by atoms with Crippen LogP contribution >= 0.6 is 0 Å². The van der Waals surface area contributed by atoms with Crippen LogP contribution in [-0.4, -0.2) is 67.9 Å². The van der Waals surface area contributed by atoms with Gasteiger partial charge in [-0.05, 0) is 18.8 Å². The highest BCUT2D eigenvalue weighted by atomic mass is 32.2. The fourth-order valence-electron chi connectivity index (χ4n) is 5.47. The average Bonchev–Trinajstić information content (AvgIpc) is 2.97. The van der Waals surface area contributed by atoms with Crippen LogP contribution in [0.25, 0.3) is 0 Å². The van der Waals surface area contributed by atoms with Gasteiger partial charge in [0.2, 0.25) is 0 Å². The van der Waals surface area contributed by atoms with Crippen molar-refractivity contribution in [3.05, 3.63) is 0 Å². The largest absolute Gasteiger partial charge is 0.379 e. The van der Waals surface area contributed by atoms with E-state index < -0.39 is 9.84 Å². The Bertz CT molecular complexity index is 554. The summed E-state index contributed by atoms with van der Waals surface area (Å²) in [6.07, 6.45) is 0.912. The summed E-state index contributed by atoms with van der Waals surface area (Å²) >= 11 is 0. The van der Waals surface area contributed by atoms with Crippen molar-refractivity contribution < 1.29 is 17.9 Å². The highest BCUT2D eigenvalue weighted by molar-refractivity contribution is 7.93. The summed E-state index contributed by atoms with van der Waals surface area (Å²) in [6, 6.07) is 0. The predicted octanol–water partition coefficient (Wildman–Crippen LogP) is 0.442. The number of hydrogen-bond donors (Lipinski definition) is 0. The first-order chi connectivity index (χ1) is 9.22. The molecular weight excluding hydrogens is 278 g/mol. The van der Waals surface area contributed by atoms with Crippen molar-refractivity contribution in [2.24, 2.45) is 5.41 Å². The third kappa shape index (κ3) is 1.46. The Morgan fingerprint density at radius 2 is 1.80 bits per heavy atom. The van der Waals surface area contributed by atoms with Gasteiger partial charge in [-0.2, -0.15) is 0 Å². The number of nitrogens with zero attached hydrogens (tertiary/aromatic N) is 1. The summed E-state index contributed by atoms with van der Waals surface area (Å²) in [5, 5.41) is -0.291. The quantitative estimate of drug-likeness (QED) is 0.658. The highest BCUT2D eigenvalue weighted by Gasteiger charge is 2.82. The first kappa shape index (κ1) is 13.5. The van der Waals surface area contributed by atoms with Crippen LogP contribution in [0.2, 0.25) is 0 Å². The molecule has 0 aromatic heterocycles. The molecule has 6 heteroatoms. The van der Waals surface area contributed by atoms with E-state index in [2.05, 4.69) is 25.7 Å². The molecular formula is C14H23NO4S. The molecule has 0 N–H and O–H groups in total. The first-order valence-electron chi connectivity index (χ1n) is 7.45. The Labute approximate surface area is 120 Å². The molecule has 1 saturated carbocycles. The summed E-state index contributed by atoms with van der Waals surface area (Å²) < 4.78 is 36.4. The Balaban J connectivity index is 1.79. The summed E-state index contributed by atoms with van der Waals surface area (Å²) in [6.45, 7) is 9.34. The number of epoxide rings is 1. The van der Waals surface area contributed by atoms with Crippen LogP contribution in [0.3, 0.4) is 0 Å². The average molecular weight is 301 g/mol. The normalized spacial score (nSPS) is 52.5. The number of sulfone groups is 1. The van der Waals surface area contributed by atoms with E-state index in [9.17, 15) is 8.42 Å². The maximum absolute atomic E-state index is 12.5. The van der Waals surface area contributed by atoms with Crippen molar-refractivity contribution in [3.63, 3.8) is 0 Å². The summed E-state index contributed by atoms with van der Waals surface area (Å²) in [7, 11) is -2.99. The Morgan fingerprint density at radius 3 is 2.40 bits per heavy atom. The van der Waals surface area contributed by atoms with E-state index in [0.29, 0.717) is 13.2 Å². The summed E-state index contributed by atoms with van der Waals surface area (Å²) in [5.74, 6) is 0.258. The Kier molecular flexibility index (Phi) is 2.42. The molecule has 3 saturated heterocycles. The van der Waals surface area contributed by atoms with Crippen molar-refractivity contribution >= 4 is 9.84 Å². The van der Waals surface area contributed by atoms with Gasteiger partial charge in [-0.15, -0.1) is 0 Å². The van der Waals surface area contributed by atoms with Gasteiger partial charge in [0.05, 0.1) is 35.4 Å². The van der Waals surface area contributed by atoms with Gasteiger partial charge in [-0.3, -0.25) is 4.90 Å². The zero-order chi connectivity index (χ0) is 14.4. The van der Waals surface area contributed by atoms with Gasteiger partial charge in [-0.1, -0.05) is 13.8 Å². The van der Waals surface area contributed by atoms with Crippen LogP contribution in [0.15, 0.2) is 0 Å². The fraction of sp³-hybridized carbons (Fsp3) is 1.00. The second kappa shape index (κ2) is 3.59. The van der Waals surface area contributed by atoms with Crippen LogP contribution < -0.4 is 0 Å². The Hall–Kier alpha value is -0.170. The maximum Gasteiger partial charge on any atom is 0.157 e. The molecule has 20 heavy (non-hydrogen) atoms. The number of hydrogen-bond acceptors (Lipinski definition) is 5. The van der Waals surface area contributed by atoms with Crippen molar-refractivity contribution in [3.8, 4) is 0 Å². The third-order valence-corrected chi connectivity index (χ3v) is 8.33. The third-order valence-electron chi connectivity index (χ3n) is 5.70. The van der Waals surface area contributed by atoms with Crippen LogP contribution in [-0.2, 0) is 19.3 Å². The van der Waals surface area contributed by atoms with Crippen molar-refractivity contribution in [1.82, 2.24) is 4.90 Å². The zero-order valence-corrected chi connectivity index (χ0v) is 13.2. The van der Waals surface area contributed by atoms with E-state index in [1.54, 1.807) is 0 Å². The first-order valence-corrected chi connectivity index (χ1v) is 9.16. The van der Waals surface area contributed by atoms with Gasteiger partial charge in [0.25, 0.3) is 0 Å². The molecule has 0 aromatic carbocycles. The van der Waals surface area contributed by atoms with E-state index in [0.717, 1.165) is 19.5 Å². The van der Waals surface area contributed by atoms with E-state index in [1.165, 1.54) is 0 Å². The maximum atomic E-state index is 12.5. The van der Waals surface area contributed by atoms with E-state index >= 15 is 0 Å². The van der Waals surface area contributed by atoms with Gasteiger partial charge in [-0.25, -0.2) is 8.42 Å². The zero-order valence-electron chi connectivity index (χ0n) is 12.4.